The fraction of sp³-hybridized carbons (Fsp3) is 1.00. The zero-order valence-corrected chi connectivity index (χ0v) is 8.89. The molecule has 0 saturated carbocycles. The zero-order valence-electron chi connectivity index (χ0n) is 8.89. The molecule has 72 valence electrons. The summed E-state index contributed by atoms with van der Waals surface area (Å²) in [6.07, 6.45) is 4.29. The Kier molecular flexibility index (Phi) is 3.16. The minimum atomic E-state index is 0.460. The Hall–Kier alpha value is -0.0400. The average Bonchev–Trinajstić information content (AvgIpc) is 2.11. The number of hydrogen-bond acceptors (Lipinski definition) is 1. The number of hydrogen-bond donors (Lipinski definition) is 0. The van der Waals surface area contributed by atoms with Crippen molar-refractivity contribution in [2.45, 2.75) is 53.1 Å². The summed E-state index contributed by atoms with van der Waals surface area (Å²) >= 11 is 0. The molecule has 0 unspecified atom stereocenters. The van der Waals surface area contributed by atoms with Crippen molar-refractivity contribution in [1.82, 2.24) is 0 Å². The van der Waals surface area contributed by atoms with Gasteiger partial charge >= 0.3 is 0 Å². The Morgan fingerprint density at radius 2 is 1.92 bits per heavy atom. The lowest BCUT2D eigenvalue weighted by Crippen LogP contribution is -2.23. The third kappa shape index (κ3) is 2.78. The van der Waals surface area contributed by atoms with Gasteiger partial charge in [-0.2, -0.15) is 0 Å². The highest BCUT2D eigenvalue weighted by Gasteiger charge is 2.27. The monoisotopic (exact) mass is 170 g/mol. The van der Waals surface area contributed by atoms with Crippen LogP contribution in [0.1, 0.15) is 47.0 Å². The Labute approximate surface area is 76.5 Å². The van der Waals surface area contributed by atoms with Gasteiger partial charge in [0.1, 0.15) is 0 Å². The van der Waals surface area contributed by atoms with E-state index in [-0.39, 0.29) is 0 Å². The summed E-state index contributed by atoms with van der Waals surface area (Å²) < 4.78 is 5.63. The first-order chi connectivity index (χ1) is 5.50. The van der Waals surface area contributed by atoms with E-state index in [1.807, 2.05) is 0 Å². The van der Waals surface area contributed by atoms with E-state index in [0.29, 0.717) is 11.5 Å². The molecule has 0 aromatic heterocycles. The number of rotatable bonds is 0. The molecular formula is C11H22O. The van der Waals surface area contributed by atoms with Gasteiger partial charge in [-0.15, -0.1) is 0 Å². The van der Waals surface area contributed by atoms with Crippen LogP contribution in [-0.2, 0) is 4.74 Å². The molecule has 12 heavy (non-hydrogen) atoms. The Morgan fingerprint density at radius 3 is 2.50 bits per heavy atom. The molecule has 0 N–H and O–H groups in total. The molecule has 0 aromatic carbocycles. The molecule has 1 rings (SSSR count). The highest BCUT2D eigenvalue weighted by molar-refractivity contribution is 4.77. The molecule has 0 amide bonds. The largest absolute Gasteiger partial charge is 0.378 e. The van der Waals surface area contributed by atoms with E-state index >= 15 is 0 Å². The number of ether oxygens (including phenoxy) is 1. The van der Waals surface area contributed by atoms with Gasteiger partial charge in [-0.25, -0.2) is 0 Å². The van der Waals surface area contributed by atoms with Gasteiger partial charge in [0, 0.05) is 6.61 Å². The quantitative estimate of drug-likeness (QED) is 0.542. The second kappa shape index (κ2) is 3.78. The van der Waals surface area contributed by atoms with Crippen molar-refractivity contribution < 1.29 is 4.74 Å². The third-order valence-electron chi connectivity index (χ3n) is 2.94. The second-order valence-electron chi connectivity index (χ2n) is 5.12. The van der Waals surface area contributed by atoms with Crippen LogP contribution in [0, 0.1) is 11.3 Å². The lowest BCUT2D eigenvalue weighted by atomic mass is 9.76. The predicted octanol–water partition coefficient (Wildman–Crippen LogP) is 3.24. The molecule has 0 bridgehead atoms. The third-order valence-corrected chi connectivity index (χ3v) is 2.94. The molecule has 0 spiro atoms. The van der Waals surface area contributed by atoms with Crippen molar-refractivity contribution in [1.29, 1.82) is 0 Å². The highest BCUT2D eigenvalue weighted by atomic mass is 16.5. The standard InChI is InChI=1S/C11H22O/c1-9-8-10(11(2,3)4)6-5-7-12-9/h9-10H,5-8H2,1-4H3/t9-,10-/m0/s1. The van der Waals surface area contributed by atoms with Crippen LogP contribution >= 0.6 is 0 Å². The maximum Gasteiger partial charge on any atom is 0.0549 e. The summed E-state index contributed by atoms with van der Waals surface area (Å²) in [5, 5.41) is 0. The van der Waals surface area contributed by atoms with E-state index in [2.05, 4.69) is 27.7 Å². The zero-order chi connectivity index (χ0) is 9.19. The van der Waals surface area contributed by atoms with Crippen LogP contribution in [0.4, 0.5) is 0 Å². The maximum absolute atomic E-state index is 5.63. The fourth-order valence-electron chi connectivity index (χ4n) is 1.99. The lowest BCUT2D eigenvalue weighted by Gasteiger charge is -2.30. The van der Waals surface area contributed by atoms with Crippen LogP contribution in [0.25, 0.3) is 0 Å². The molecule has 0 aliphatic carbocycles. The second-order valence-corrected chi connectivity index (χ2v) is 5.12. The molecule has 1 heterocycles. The van der Waals surface area contributed by atoms with E-state index in [9.17, 15) is 0 Å². The van der Waals surface area contributed by atoms with Crippen LogP contribution in [0.2, 0.25) is 0 Å². The smallest absolute Gasteiger partial charge is 0.0549 e. The first-order valence-corrected chi connectivity index (χ1v) is 5.12. The molecule has 1 fully saturated rings. The molecule has 0 radical (unpaired) electrons. The van der Waals surface area contributed by atoms with E-state index in [0.717, 1.165) is 12.5 Å². The molecule has 1 nitrogen and oxygen atoms in total. The first kappa shape index (κ1) is 10.0. The van der Waals surface area contributed by atoms with Gasteiger partial charge in [-0.05, 0) is 37.5 Å². The minimum absolute atomic E-state index is 0.460. The lowest BCUT2D eigenvalue weighted by molar-refractivity contribution is 0.0591. The molecular weight excluding hydrogens is 148 g/mol. The van der Waals surface area contributed by atoms with Crippen LogP contribution in [0.15, 0.2) is 0 Å². The Bertz CT molecular complexity index is 134. The molecule has 2 atom stereocenters. The van der Waals surface area contributed by atoms with Crippen molar-refractivity contribution >= 4 is 0 Å². The summed E-state index contributed by atoms with van der Waals surface area (Å²) in [7, 11) is 0. The van der Waals surface area contributed by atoms with Crippen molar-refractivity contribution in [2.24, 2.45) is 11.3 Å². The van der Waals surface area contributed by atoms with Crippen LogP contribution in [0.3, 0.4) is 0 Å². The fourth-order valence-corrected chi connectivity index (χ4v) is 1.99. The van der Waals surface area contributed by atoms with Gasteiger partial charge in [0.25, 0.3) is 0 Å². The van der Waals surface area contributed by atoms with Gasteiger partial charge in [0.05, 0.1) is 6.10 Å². The summed E-state index contributed by atoms with van der Waals surface area (Å²) in [6, 6.07) is 0. The Balaban J connectivity index is 2.52. The normalized spacial score (nSPS) is 33.0. The molecule has 1 saturated heterocycles. The van der Waals surface area contributed by atoms with Crippen LogP contribution in [0.5, 0.6) is 0 Å². The topological polar surface area (TPSA) is 9.23 Å². The van der Waals surface area contributed by atoms with Crippen molar-refractivity contribution in [3.05, 3.63) is 0 Å². The average molecular weight is 170 g/mol. The summed E-state index contributed by atoms with van der Waals surface area (Å²) in [6.45, 7) is 10.2. The van der Waals surface area contributed by atoms with E-state index in [4.69, 9.17) is 4.74 Å². The van der Waals surface area contributed by atoms with Gasteiger partial charge in [-0.1, -0.05) is 20.8 Å². The summed E-state index contributed by atoms with van der Waals surface area (Å²) in [5.74, 6) is 0.843. The van der Waals surface area contributed by atoms with Gasteiger partial charge in [-0.3, -0.25) is 0 Å². The highest BCUT2D eigenvalue weighted by Crippen LogP contribution is 2.35. The van der Waals surface area contributed by atoms with Crippen molar-refractivity contribution in [3.63, 3.8) is 0 Å². The summed E-state index contributed by atoms with van der Waals surface area (Å²) in [5.41, 5.74) is 0.460. The summed E-state index contributed by atoms with van der Waals surface area (Å²) in [4.78, 5) is 0. The molecule has 1 heteroatoms. The SMILES string of the molecule is C[C@H]1C[C@@H](C(C)(C)C)CCCO1. The van der Waals surface area contributed by atoms with Gasteiger partial charge in [0.2, 0.25) is 0 Å². The maximum atomic E-state index is 5.63. The first-order valence-electron chi connectivity index (χ1n) is 5.12. The predicted molar refractivity (Wildman–Crippen MR) is 52.2 cm³/mol. The van der Waals surface area contributed by atoms with Gasteiger partial charge < -0.3 is 4.74 Å². The minimum Gasteiger partial charge on any atom is -0.378 e. The van der Waals surface area contributed by atoms with Crippen LogP contribution < -0.4 is 0 Å². The van der Waals surface area contributed by atoms with E-state index in [1.165, 1.54) is 19.3 Å². The van der Waals surface area contributed by atoms with Gasteiger partial charge in [0.15, 0.2) is 0 Å². The molecule has 1 aliphatic heterocycles. The van der Waals surface area contributed by atoms with Crippen molar-refractivity contribution in [2.75, 3.05) is 6.61 Å². The van der Waals surface area contributed by atoms with E-state index in [1.54, 1.807) is 0 Å². The molecule has 1 aliphatic rings. The molecule has 0 aromatic rings. The van der Waals surface area contributed by atoms with E-state index < -0.39 is 0 Å². The Morgan fingerprint density at radius 1 is 1.25 bits per heavy atom. The van der Waals surface area contributed by atoms with Crippen LogP contribution in [-0.4, -0.2) is 12.7 Å². The van der Waals surface area contributed by atoms with Crippen molar-refractivity contribution in [3.8, 4) is 0 Å².